The number of aromatic nitrogens is 3. The molecule has 0 amide bonds. The van der Waals surface area contributed by atoms with Gasteiger partial charge in [0.25, 0.3) is 0 Å². The molecule has 54 valence electrons. The van der Waals surface area contributed by atoms with Crippen molar-refractivity contribution in [2.45, 2.75) is 17.8 Å². The minimum absolute atomic E-state index is 0.265. The maximum Gasteiger partial charge on any atom is 0.186 e. The van der Waals surface area contributed by atoms with Crippen molar-refractivity contribution in [2.24, 2.45) is 0 Å². The molecule has 0 aliphatic carbocycles. The maximum atomic E-state index is 9.16. The number of hydrogen-bond donors (Lipinski definition) is 1. The quantitative estimate of drug-likeness (QED) is 0.564. The molecule has 2 heterocycles. The molecule has 1 unspecified atom stereocenters. The number of fused-ring (bicyclic) bond motifs is 1. The molecule has 5 heteroatoms. The van der Waals surface area contributed by atoms with Gasteiger partial charge in [-0.2, -0.15) is 5.10 Å². The van der Waals surface area contributed by atoms with Crippen molar-refractivity contribution in [2.75, 3.05) is 5.75 Å². The van der Waals surface area contributed by atoms with E-state index in [4.69, 9.17) is 5.11 Å². The van der Waals surface area contributed by atoms with Gasteiger partial charge in [-0.05, 0) is 0 Å². The molecule has 0 fully saturated rings. The van der Waals surface area contributed by atoms with Crippen LogP contribution < -0.4 is 0 Å². The lowest BCUT2D eigenvalue weighted by Crippen LogP contribution is -2.24. The number of hydrogen-bond acceptors (Lipinski definition) is 4. The zero-order valence-electron chi connectivity index (χ0n) is 5.27. The van der Waals surface area contributed by atoms with Crippen molar-refractivity contribution in [3.8, 4) is 0 Å². The Bertz CT molecular complexity index is 237. The topological polar surface area (TPSA) is 50.9 Å². The summed E-state index contributed by atoms with van der Waals surface area (Å²) < 4.78 is 1.72. The van der Waals surface area contributed by atoms with Crippen LogP contribution >= 0.6 is 11.8 Å². The third-order valence-corrected chi connectivity index (χ3v) is 2.49. The minimum Gasteiger partial charge on any atom is -0.390 e. The molecule has 10 heavy (non-hydrogen) atoms. The summed E-state index contributed by atoms with van der Waals surface area (Å²) in [5.41, 5.74) is 0. The first-order chi connectivity index (χ1) is 4.86. The van der Waals surface area contributed by atoms with Gasteiger partial charge in [-0.25, -0.2) is 9.67 Å². The molecule has 0 radical (unpaired) electrons. The van der Waals surface area contributed by atoms with E-state index in [-0.39, 0.29) is 6.10 Å². The molecule has 0 aromatic carbocycles. The van der Waals surface area contributed by atoms with E-state index < -0.39 is 0 Å². The van der Waals surface area contributed by atoms with Gasteiger partial charge in [-0.3, -0.25) is 0 Å². The van der Waals surface area contributed by atoms with Crippen LogP contribution in [0.4, 0.5) is 0 Å². The predicted octanol–water partition coefficient (Wildman–Crippen LogP) is -0.255. The largest absolute Gasteiger partial charge is 0.390 e. The highest BCUT2D eigenvalue weighted by Crippen LogP contribution is 2.20. The fourth-order valence-corrected chi connectivity index (χ4v) is 1.75. The van der Waals surface area contributed by atoms with Gasteiger partial charge in [0, 0.05) is 5.75 Å². The lowest BCUT2D eigenvalue weighted by molar-refractivity contribution is 0.164. The molecule has 1 aromatic heterocycles. The zero-order valence-corrected chi connectivity index (χ0v) is 6.08. The summed E-state index contributed by atoms with van der Waals surface area (Å²) in [6.07, 6.45) is 1.25. The zero-order chi connectivity index (χ0) is 6.97. The van der Waals surface area contributed by atoms with Gasteiger partial charge in [0.05, 0.1) is 12.6 Å². The van der Waals surface area contributed by atoms with Crippen molar-refractivity contribution < 1.29 is 5.11 Å². The Labute approximate surface area is 62.3 Å². The average molecular weight is 157 g/mol. The molecule has 2 rings (SSSR count). The van der Waals surface area contributed by atoms with Crippen LogP contribution in [0.3, 0.4) is 0 Å². The molecular formula is C5H7N3OS. The fourth-order valence-electron chi connectivity index (χ4n) is 0.914. The first kappa shape index (κ1) is 6.18. The van der Waals surface area contributed by atoms with E-state index in [0.29, 0.717) is 6.54 Å². The van der Waals surface area contributed by atoms with Crippen molar-refractivity contribution in [3.05, 3.63) is 6.33 Å². The summed E-state index contributed by atoms with van der Waals surface area (Å²) in [6.45, 7) is 0.586. The molecule has 4 nitrogen and oxygen atoms in total. The summed E-state index contributed by atoms with van der Waals surface area (Å²) in [6, 6.07) is 0. The van der Waals surface area contributed by atoms with E-state index in [1.54, 1.807) is 16.4 Å². The molecule has 1 aromatic rings. The van der Waals surface area contributed by atoms with E-state index >= 15 is 0 Å². The summed E-state index contributed by atoms with van der Waals surface area (Å²) >= 11 is 1.54. The molecule has 0 bridgehead atoms. The Balaban J connectivity index is 2.30. The van der Waals surface area contributed by atoms with Crippen LogP contribution in [0.2, 0.25) is 0 Å². The fraction of sp³-hybridized carbons (Fsp3) is 0.600. The van der Waals surface area contributed by atoms with Crippen LogP contribution in [-0.4, -0.2) is 31.7 Å². The molecule has 1 aliphatic rings. The highest BCUT2D eigenvalue weighted by Gasteiger charge is 2.17. The average Bonchev–Trinajstić information content (AvgIpc) is 2.33. The van der Waals surface area contributed by atoms with Gasteiger partial charge in [-0.15, -0.1) is 0 Å². The van der Waals surface area contributed by atoms with Crippen molar-refractivity contribution in [1.29, 1.82) is 0 Å². The van der Waals surface area contributed by atoms with Crippen LogP contribution in [0.25, 0.3) is 0 Å². The lowest BCUT2D eigenvalue weighted by Gasteiger charge is -2.16. The second-order valence-corrected chi connectivity index (χ2v) is 3.18. The highest BCUT2D eigenvalue weighted by atomic mass is 32.2. The normalized spacial score (nSPS) is 24.3. The Morgan fingerprint density at radius 2 is 2.70 bits per heavy atom. The summed E-state index contributed by atoms with van der Waals surface area (Å²) in [5.74, 6) is 0.735. The lowest BCUT2D eigenvalue weighted by atomic mass is 10.4. The third kappa shape index (κ3) is 0.911. The molecule has 0 saturated carbocycles. The summed E-state index contributed by atoms with van der Waals surface area (Å²) in [7, 11) is 0. The predicted molar refractivity (Wildman–Crippen MR) is 36.8 cm³/mol. The van der Waals surface area contributed by atoms with Gasteiger partial charge in [0.1, 0.15) is 6.33 Å². The van der Waals surface area contributed by atoms with E-state index in [1.807, 2.05) is 0 Å². The Morgan fingerprint density at radius 1 is 1.80 bits per heavy atom. The van der Waals surface area contributed by atoms with E-state index in [9.17, 15) is 0 Å². The van der Waals surface area contributed by atoms with Crippen LogP contribution in [0.1, 0.15) is 0 Å². The van der Waals surface area contributed by atoms with E-state index in [1.165, 1.54) is 6.33 Å². The monoisotopic (exact) mass is 157 g/mol. The smallest absolute Gasteiger partial charge is 0.186 e. The number of rotatable bonds is 0. The van der Waals surface area contributed by atoms with Gasteiger partial charge in [-0.1, -0.05) is 11.8 Å². The number of aliphatic hydroxyl groups excluding tert-OH is 1. The molecule has 0 spiro atoms. The standard InChI is InChI=1S/C5H7N3OS/c9-4-1-8-5(10-2-4)6-3-7-8/h3-4,9H,1-2H2. The van der Waals surface area contributed by atoms with Gasteiger partial charge in [0.2, 0.25) is 0 Å². The van der Waals surface area contributed by atoms with Gasteiger partial charge in [0.15, 0.2) is 5.16 Å². The van der Waals surface area contributed by atoms with Crippen molar-refractivity contribution >= 4 is 11.8 Å². The van der Waals surface area contributed by atoms with Gasteiger partial charge >= 0.3 is 0 Å². The van der Waals surface area contributed by atoms with E-state index in [0.717, 1.165) is 10.9 Å². The molecule has 0 saturated heterocycles. The Kier molecular flexibility index (Phi) is 1.39. The van der Waals surface area contributed by atoms with Crippen LogP contribution in [0.5, 0.6) is 0 Å². The van der Waals surface area contributed by atoms with Crippen LogP contribution in [0, 0.1) is 0 Å². The second-order valence-electron chi connectivity index (χ2n) is 2.19. The third-order valence-electron chi connectivity index (χ3n) is 1.37. The number of aliphatic hydroxyl groups is 1. The summed E-state index contributed by atoms with van der Waals surface area (Å²) in [4.78, 5) is 3.99. The van der Waals surface area contributed by atoms with Gasteiger partial charge < -0.3 is 5.11 Å². The molecule has 1 aliphatic heterocycles. The Hall–Kier alpha value is -0.550. The minimum atomic E-state index is -0.265. The maximum absolute atomic E-state index is 9.16. The van der Waals surface area contributed by atoms with Crippen molar-refractivity contribution in [1.82, 2.24) is 14.8 Å². The first-order valence-electron chi connectivity index (χ1n) is 3.05. The number of thioether (sulfide) groups is 1. The molecular weight excluding hydrogens is 150 g/mol. The van der Waals surface area contributed by atoms with Crippen LogP contribution in [-0.2, 0) is 6.54 Å². The first-order valence-corrected chi connectivity index (χ1v) is 4.03. The Morgan fingerprint density at radius 3 is 3.60 bits per heavy atom. The molecule has 1 N–H and O–H groups in total. The van der Waals surface area contributed by atoms with E-state index in [2.05, 4.69) is 10.1 Å². The molecule has 1 atom stereocenters. The van der Waals surface area contributed by atoms with Crippen LogP contribution in [0.15, 0.2) is 11.5 Å². The summed E-state index contributed by atoms with van der Waals surface area (Å²) in [5, 5.41) is 14.0. The number of nitrogens with zero attached hydrogens (tertiary/aromatic N) is 3. The van der Waals surface area contributed by atoms with Crippen molar-refractivity contribution in [3.63, 3.8) is 0 Å². The second kappa shape index (κ2) is 2.25. The SMILES string of the molecule is OC1CSc2ncnn2C1. The highest BCUT2D eigenvalue weighted by molar-refractivity contribution is 7.99.